The van der Waals surface area contributed by atoms with Crippen molar-refractivity contribution in [3.05, 3.63) is 28.2 Å². The first-order chi connectivity index (χ1) is 6.15. The smallest absolute Gasteiger partial charge is 0.0508 e. The van der Waals surface area contributed by atoms with Crippen LogP contribution in [0.2, 0.25) is 0 Å². The SMILES string of the molecule is CN(C)c1cc(CCO)ccc1Br. The number of aliphatic hydroxyl groups excluding tert-OH is 1. The summed E-state index contributed by atoms with van der Waals surface area (Å²) < 4.78 is 1.08. The number of aliphatic hydroxyl groups is 1. The average Bonchev–Trinajstić information content (AvgIpc) is 2.08. The highest BCUT2D eigenvalue weighted by Gasteiger charge is 2.02. The average molecular weight is 244 g/mol. The molecule has 0 unspecified atom stereocenters. The molecule has 0 radical (unpaired) electrons. The van der Waals surface area contributed by atoms with E-state index in [2.05, 4.69) is 22.0 Å². The molecule has 0 fully saturated rings. The van der Waals surface area contributed by atoms with E-state index < -0.39 is 0 Å². The largest absolute Gasteiger partial charge is 0.396 e. The predicted octanol–water partition coefficient (Wildman–Crippen LogP) is 2.05. The van der Waals surface area contributed by atoms with Crippen molar-refractivity contribution in [2.24, 2.45) is 0 Å². The van der Waals surface area contributed by atoms with Crippen molar-refractivity contribution in [3.8, 4) is 0 Å². The van der Waals surface area contributed by atoms with Gasteiger partial charge in [-0.3, -0.25) is 0 Å². The van der Waals surface area contributed by atoms with Crippen LogP contribution in [0, 0.1) is 0 Å². The van der Waals surface area contributed by atoms with E-state index in [9.17, 15) is 0 Å². The molecule has 72 valence electrons. The number of anilines is 1. The topological polar surface area (TPSA) is 23.5 Å². The molecule has 13 heavy (non-hydrogen) atoms. The van der Waals surface area contributed by atoms with Gasteiger partial charge < -0.3 is 10.0 Å². The lowest BCUT2D eigenvalue weighted by Crippen LogP contribution is -2.09. The molecule has 0 bridgehead atoms. The third-order valence-electron chi connectivity index (χ3n) is 1.89. The van der Waals surface area contributed by atoms with Crippen LogP contribution >= 0.6 is 15.9 Å². The molecule has 2 nitrogen and oxygen atoms in total. The third kappa shape index (κ3) is 2.71. The van der Waals surface area contributed by atoms with Crippen molar-refractivity contribution in [1.82, 2.24) is 0 Å². The zero-order valence-electron chi connectivity index (χ0n) is 7.92. The molecule has 1 aromatic rings. The quantitative estimate of drug-likeness (QED) is 0.879. The number of rotatable bonds is 3. The van der Waals surface area contributed by atoms with Crippen molar-refractivity contribution in [2.45, 2.75) is 6.42 Å². The van der Waals surface area contributed by atoms with E-state index in [1.807, 2.05) is 31.1 Å². The van der Waals surface area contributed by atoms with Crippen molar-refractivity contribution < 1.29 is 5.11 Å². The molecule has 0 amide bonds. The normalized spacial score (nSPS) is 10.2. The minimum atomic E-state index is 0.203. The molecular weight excluding hydrogens is 230 g/mol. The molecule has 0 aliphatic carbocycles. The van der Waals surface area contributed by atoms with Crippen LogP contribution in [0.5, 0.6) is 0 Å². The first-order valence-electron chi connectivity index (χ1n) is 4.21. The molecule has 0 heterocycles. The van der Waals surface area contributed by atoms with Crippen LogP contribution in [0.15, 0.2) is 22.7 Å². The lowest BCUT2D eigenvalue weighted by Gasteiger charge is -2.15. The van der Waals surface area contributed by atoms with Crippen LogP contribution in [0.1, 0.15) is 5.56 Å². The fourth-order valence-electron chi connectivity index (χ4n) is 1.19. The number of hydrogen-bond donors (Lipinski definition) is 1. The van der Waals surface area contributed by atoms with Gasteiger partial charge in [0.15, 0.2) is 0 Å². The van der Waals surface area contributed by atoms with Gasteiger partial charge in [-0.2, -0.15) is 0 Å². The van der Waals surface area contributed by atoms with Gasteiger partial charge in [0, 0.05) is 25.2 Å². The Balaban J connectivity index is 2.97. The Hall–Kier alpha value is -0.540. The third-order valence-corrected chi connectivity index (χ3v) is 2.56. The summed E-state index contributed by atoms with van der Waals surface area (Å²) in [6, 6.07) is 6.12. The first kappa shape index (κ1) is 10.5. The van der Waals surface area contributed by atoms with Gasteiger partial charge in [0.05, 0.1) is 5.69 Å². The van der Waals surface area contributed by atoms with Gasteiger partial charge in [-0.15, -0.1) is 0 Å². The Bertz CT molecular complexity index is 286. The maximum absolute atomic E-state index is 8.79. The Morgan fingerprint density at radius 2 is 2.08 bits per heavy atom. The number of nitrogens with zero attached hydrogens (tertiary/aromatic N) is 1. The molecule has 0 atom stereocenters. The monoisotopic (exact) mass is 243 g/mol. The summed E-state index contributed by atoms with van der Waals surface area (Å²) in [5.41, 5.74) is 2.31. The number of halogens is 1. The second-order valence-electron chi connectivity index (χ2n) is 3.15. The highest BCUT2D eigenvalue weighted by molar-refractivity contribution is 9.10. The van der Waals surface area contributed by atoms with Gasteiger partial charge in [0.1, 0.15) is 0 Å². The van der Waals surface area contributed by atoms with E-state index >= 15 is 0 Å². The molecule has 0 saturated carbocycles. The lowest BCUT2D eigenvalue weighted by atomic mass is 10.1. The Morgan fingerprint density at radius 1 is 1.38 bits per heavy atom. The van der Waals surface area contributed by atoms with Crippen LogP contribution in [-0.2, 0) is 6.42 Å². The molecule has 0 aliphatic rings. The second-order valence-corrected chi connectivity index (χ2v) is 4.01. The summed E-state index contributed by atoms with van der Waals surface area (Å²) in [4.78, 5) is 2.05. The molecule has 0 spiro atoms. The van der Waals surface area contributed by atoms with E-state index in [1.54, 1.807) is 0 Å². The highest BCUT2D eigenvalue weighted by atomic mass is 79.9. The number of benzene rings is 1. The van der Waals surface area contributed by atoms with Crippen molar-refractivity contribution >= 4 is 21.6 Å². The predicted molar refractivity (Wildman–Crippen MR) is 59.3 cm³/mol. The summed E-state index contributed by atoms with van der Waals surface area (Å²) in [5.74, 6) is 0. The standard InChI is InChI=1S/C10H14BrNO/c1-12(2)10-7-8(5-6-13)3-4-9(10)11/h3-4,7,13H,5-6H2,1-2H3. The molecule has 0 saturated heterocycles. The van der Waals surface area contributed by atoms with E-state index in [0.29, 0.717) is 6.42 Å². The van der Waals surface area contributed by atoms with E-state index in [0.717, 1.165) is 15.7 Å². The molecule has 0 aromatic heterocycles. The van der Waals surface area contributed by atoms with Gasteiger partial charge in [0.25, 0.3) is 0 Å². The van der Waals surface area contributed by atoms with E-state index in [4.69, 9.17) is 5.11 Å². The van der Waals surface area contributed by atoms with Crippen molar-refractivity contribution in [1.29, 1.82) is 0 Å². The maximum Gasteiger partial charge on any atom is 0.0508 e. The maximum atomic E-state index is 8.79. The Labute approximate surface area is 87.3 Å². The zero-order chi connectivity index (χ0) is 9.84. The number of hydrogen-bond acceptors (Lipinski definition) is 2. The highest BCUT2D eigenvalue weighted by Crippen LogP contribution is 2.25. The van der Waals surface area contributed by atoms with Gasteiger partial charge in [-0.25, -0.2) is 0 Å². The molecule has 1 N–H and O–H groups in total. The summed E-state index contributed by atoms with van der Waals surface area (Å²) in [6.45, 7) is 0.203. The summed E-state index contributed by atoms with van der Waals surface area (Å²) >= 11 is 3.48. The van der Waals surface area contributed by atoms with Gasteiger partial charge in [-0.1, -0.05) is 6.07 Å². The molecule has 3 heteroatoms. The summed E-state index contributed by atoms with van der Waals surface area (Å²) in [6.07, 6.45) is 0.716. The van der Waals surface area contributed by atoms with Crippen molar-refractivity contribution in [3.63, 3.8) is 0 Å². The summed E-state index contributed by atoms with van der Waals surface area (Å²) in [5, 5.41) is 8.79. The fraction of sp³-hybridized carbons (Fsp3) is 0.400. The Morgan fingerprint density at radius 3 is 2.62 bits per heavy atom. The molecule has 1 rings (SSSR count). The molecule has 1 aromatic carbocycles. The summed E-state index contributed by atoms with van der Waals surface area (Å²) in [7, 11) is 4.01. The fourth-order valence-corrected chi connectivity index (χ4v) is 1.79. The van der Waals surface area contributed by atoms with Gasteiger partial charge in [-0.05, 0) is 40.0 Å². The van der Waals surface area contributed by atoms with Crippen LogP contribution < -0.4 is 4.90 Å². The molecule has 0 aliphatic heterocycles. The van der Waals surface area contributed by atoms with Gasteiger partial charge in [0.2, 0.25) is 0 Å². The van der Waals surface area contributed by atoms with Crippen LogP contribution in [0.4, 0.5) is 5.69 Å². The van der Waals surface area contributed by atoms with E-state index in [-0.39, 0.29) is 6.61 Å². The minimum absolute atomic E-state index is 0.203. The zero-order valence-corrected chi connectivity index (χ0v) is 9.50. The lowest BCUT2D eigenvalue weighted by molar-refractivity contribution is 0.299. The second kappa shape index (κ2) is 4.63. The van der Waals surface area contributed by atoms with Crippen molar-refractivity contribution in [2.75, 3.05) is 25.6 Å². The van der Waals surface area contributed by atoms with Crippen LogP contribution in [-0.4, -0.2) is 25.8 Å². The molecular formula is C10H14BrNO. The minimum Gasteiger partial charge on any atom is -0.396 e. The Kier molecular flexibility index (Phi) is 3.75. The van der Waals surface area contributed by atoms with Crippen LogP contribution in [0.3, 0.4) is 0 Å². The van der Waals surface area contributed by atoms with E-state index in [1.165, 1.54) is 0 Å². The first-order valence-corrected chi connectivity index (χ1v) is 5.01. The van der Waals surface area contributed by atoms with Gasteiger partial charge >= 0.3 is 0 Å². The van der Waals surface area contributed by atoms with Crippen LogP contribution in [0.25, 0.3) is 0 Å².